The molecule has 4 heteroatoms. The van der Waals surface area contributed by atoms with E-state index in [0.717, 1.165) is 5.03 Å². The predicted octanol–water partition coefficient (Wildman–Crippen LogP) is 1.55. The van der Waals surface area contributed by atoms with Crippen molar-refractivity contribution in [2.24, 2.45) is 0 Å². The standard InChI is InChI=1S/C4H6N2S.ClH/c1-7-4-2-3-5-6-4;/h2-3H,1H3,(H,5,6);1H. The van der Waals surface area contributed by atoms with Crippen molar-refractivity contribution in [1.82, 2.24) is 10.2 Å². The Morgan fingerprint density at radius 2 is 2.50 bits per heavy atom. The van der Waals surface area contributed by atoms with Gasteiger partial charge in [-0.15, -0.1) is 24.2 Å². The van der Waals surface area contributed by atoms with Gasteiger partial charge in [-0.1, -0.05) is 0 Å². The zero-order chi connectivity index (χ0) is 5.11. The Morgan fingerprint density at radius 3 is 2.75 bits per heavy atom. The number of aromatic nitrogens is 2. The van der Waals surface area contributed by atoms with Crippen LogP contribution in [0, 0.1) is 0 Å². The SMILES string of the molecule is CSc1ccn[nH]1.Cl. The number of halogens is 1. The molecule has 1 aromatic heterocycles. The Balaban J connectivity index is 0.000000490. The largest absolute Gasteiger partial charge is 0.272 e. The Morgan fingerprint density at radius 1 is 1.75 bits per heavy atom. The summed E-state index contributed by atoms with van der Waals surface area (Å²) in [5, 5.41) is 7.66. The first-order valence-corrected chi connectivity index (χ1v) is 3.19. The van der Waals surface area contributed by atoms with Crippen molar-refractivity contribution in [3.8, 4) is 0 Å². The summed E-state index contributed by atoms with van der Waals surface area (Å²) < 4.78 is 0. The van der Waals surface area contributed by atoms with Crippen molar-refractivity contribution in [3.05, 3.63) is 12.3 Å². The van der Waals surface area contributed by atoms with Crippen LogP contribution in [-0.2, 0) is 0 Å². The first kappa shape index (κ1) is 7.85. The van der Waals surface area contributed by atoms with Gasteiger partial charge in [0, 0.05) is 6.20 Å². The van der Waals surface area contributed by atoms with Crippen molar-refractivity contribution >= 4 is 24.2 Å². The van der Waals surface area contributed by atoms with Crippen LogP contribution in [0.3, 0.4) is 0 Å². The summed E-state index contributed by atoms with van der Waals surface area (Å²) in [5.41, 5.74) is 0. The first-order chi connectivity index (χ1) is 3.43. The molecule has 0 saturated carbocycles. The molecule has 0 amide bonds. The second kappa shape index (κ2) is 3.80. The number of aromatic amines is 1. The normalized spacial score (nSPS) is 8.12. The lowest BCUT2D eigenvalue weighted by atomic mass is 10.8. The summed E-state index contributed by atoms with van der Waals surface area (Å²) in [6, 6.07) is 1.94. The predicted molar refractivity (Wildman–Crippen MR) is 37.6 cm³/mol. The molecule has 2 nitrogen and oxygen atoms in total. The minimum Gasteiger partial charge on any atom is -0.272 e. The highest BCUT2D eigenvalue weighted by molar-refractivity contribution is 7.98. The van der Waals surface area contributed by atoms with Crippen molar-refractivity contribution in [2.45, 2.75) is 5.03 Å². The van der Waals surface area contributed by atoms with E-state index >= 15 is 0 Å². The maximum Gasteiger partial charge on any atom is 0.0904 e. The van der Waals surface area contributed by atoms with Crippen LogP contribution in [0.2, 0.25) is 0 Å². The third kappa shape index (κ3) is 1.76. The number of hydrogen-bond donors (Lipinski definition) is 1. The third-order valence-electron chi connectivity index (χ3n) is 0.695. The molecule has 0 aliphatic heterocycles. The molecule has 0 saturated heterocycles. The van der Waals surface area contributed by atoms with Gasteiger partial charge in [0.1, 0.15) is 0 Å². The molecule has 0 unspecified atom stereocenters. The molecule has 0 fully saturated rings. The monoisotopic (exact) mass is 150 g/mol. The number of rotatable bonds is 1. The van der Waals surface area contributed by atoms with Gasteiger partial charge in [0.15, 0.2) is 0 Å². The van der Waals surface area contributed by atoms with Crippen LogP contribution in [-0.4, -0.2) is 16.5 Å². The van der Waals surface area contributed by atoms with E-state index in [4.69, 9.17) is 0 Å². The molecule has 46 valence electrons. The van der Waals surface area contributed by atoms with Crippen LogP contribution in [0.5, 0.6) is 0 Å². The molecule has 0 atom stereocenters. The van der Waals surface area contributed by atoms with Crippen molar-refractivity contribution < 1.29 is 0 Å². The van der Waals surface area contributed by atoms with Gasteiger partial charge in [-0.3, -0.25) is 5.10 Å². The Kier molecular flexibility index (Phi) is 3.73. The van der Waals surface area contributed by atoms with Gasteiger partial charge in [-0.05, 0) is 12.3 Å². The van der Waals surface area contributed by atoms with Crippen LogP contribution < -0.4 is 0 Å². The molecule has 0 aliphatic rings. The number of hydrogen-bond acceptors (Lipinski definition) is 2. The molecule has 1 rings (SSSR count). The Hall–Kier alpha value is -0.150. The quantitative estimate of drug-likeness (QED) is 0.616. The summed E-state index contributed by atoms with van der Waals surface area (Å²) in [4.78, 5) is 0. The van der Waals surface area contributed by atoms with E-state index in [-0.39, 0.29) is 12.4 Å². The van der Waals surface area contributed by atoms with Crippen LogP contribution in [0.4, 0.5) is 0 Å². The average Bonchev–Trinajstić information content (AvgIpc) is 2.14. The smallest absolute Gasteiger partial charge is 0.0904 e. The lowest BCUT2D eigenvalue weighted by Crippen LogP contribution is -1.65. The van der Waals surface area contributed by atoms with Gasteiger partial charge in [0.05, 0.1) is 5.03 Å². The van der Waals surface area contributed by atoms with Crippen LogP contribution in [0.1, 0.15) is 0 Å². The lowest BCUT2D eigenvalue weighted by molar-refractivity contribution is 1.01. The number of nitrogens with zero attached hydrogens (tertiary/aromatic N) is 1. The summed E-state index contributed by atoms with van der Waals surface area (Å²) in [6.07, 6.45) is 3.75. The highest BCUT2D eigenvalue weighted by Crippen LogP contribution is 2.06. The number of nitrogens with one attached hydrogen (secondary N) is 1. The lowest BCUT2D eigenvalue weighted by Gasteiger charge is -1.79. The van der Waals surface area contributed by atoms with Gasteiger partial charge < -0.3 is 0 Å². The van der Waals surface area contributed by atoms with Gasteiger partial charge in [-0.2, -0.15) is 5.10 Å². The van der Waals surface area contributed by atoms with Crippen molar-refractivity contribution in [3.63, 3.8) is 0 Å². The fourth-order valence-electron chi connectivity index (χ4n) is 0.357. The third-order valence-corrected chi connectivity index (χ3v) is 1.36. The number of H-pyrrole nitrogens is 1. The highest BCUT2D eigenvalue weighted by Gasteiger charge is 1.82. The first-order valence-electron chi connectivity index (χ1n) is 1.97. The average molecular weight is 151 g/mol. The molecule has 0 radical (unpaired) electrons. The second-order valence-electron chi connectivity index (χ2n) is 1.13. The van der Waals surface area contributed by atoms with Crippen LogP contribution in [0.15, 0.2) is 17.3 Å². The van der Waals surface area contributed by atoms with E-state index in [2.05, 4.69) is 10.2 Å². The van der Waals surface area contributed by atoms with E-state index in [9.17, 15) is 0 Å². The van der Waals surface area contributed by atoms with E-state index in [1.807, 2.05) is 12.3 Å². The maximum atomic E-state index is 3.75. The minimum absolute atomic E-state index is 0. The second-order valence-corrected chi connectivity index (χ2v) is 1.97. The molecular weight excluding hydrogens is 144 g/mol. The number of thioether (sulfide) groups is 1. The molecule has 0 aromatic carbocycles. The Bertz CT molecular complexity index is 129. The molecule has 1 heterocycles. The summed E-state index contributed by atoms with van der Waals surface area (Å²) in [7, 11) is 0. The van der Waals surface area contributed by atoms with E-state index in [0.29, 0.717) is 0 Å². The summed E-state index contributed by atoms with van der Waals surface area (Å²) in [6.45, 7) is 0. The summed E-state index contributed by atoms with van der Waals surface area (Å²) in [5.74, 6) is 0. The molecule has 1 aromatic rings. The zero-order valence-corrected chi connectivity index (χ0v) is 6.05. The molecule has 0 spiro atoms. The fraction of sp³-hybridized carbons (Fsp3) is 0.250. The minimum atomic E-state index is 0. The van der Waals surface area contributed by atoms with Crippen LogP contribution >= 0.6 is 24.2 Å². The van der Waals surface area contributed by atoms with E-state index in [1.54, 1.807) is 18.0 Å². The van der Waals surface area contributed by atoms with E-state index < -0.39 is 0 Å². The van der Waals surface area contributed by atoms with Gasteiger partial charge in [-0.25, -0.2) is 0 Å². The molecule has 8 heavy (non-hydrogen) atoms. The maximum absolute atomic E-state index is 3.75. The highest BCUT2D eigenvalue weighted by atomic mass is 35.5. The fourth-order valence-corrected chi connectivity index (χ4v) is 0.698. The molecule has 1 N–H and O–H groups in total. The van der Waals surface area contributed by atoms with Crippen LogP contribution in [0.25, 0.3) is 0 Å². The summed E-state index contributed by atoms with van der Waals surface area (Å²) >= 11 is 1.66. The molecule has 0 aliphatic carbocycles. The van der Waals surface area contributed by atoms with Gasteiger partial charge in [0.25, 0.3) is 0 Å². The Labute approximate surface area is 58.5 Å². The van der Waals surface area contributed by atoms with Gasteiger partial charge in [0.2, 0.25) is 0 Å². The van der Waals surface area contributed by atoms with E-state index in [1.165, 1.54) is 0 Å². The topological polar surface area (TPSA) is 28.7 Å². The molecule has 0 bridgehead atoms. The molecular formula is C4H7ClN2S. The van der Waals surface area contributed by atoms with Crippen molar-refractivity contribution in [2.75, 3.05) is 6.26 Å². The van der Waals surface area contributed by atoms with Gasteiger partial charge >= 0.3 is 0 Å². The zero-order valence-electron chi connectivity index (χ0n) is 4.42. The van der Waals surface area contributed by atoms with Crippen molar-refractivity contribution in [1.29, 1.82) is 0 Å².